The summed E-state index contributed by atoms with van der Waals surface area (Å²) in [6.45, 7) is 4.47. The number of carbonyl (C=O) groups is 1. The summed E-state index contributed by atoms with van der Waals surface area (Å²) in [5, 5.41) is 0. The first-order valence-corrected chi connectivity index (χ1v) is 12.1. The van der Waals surface area contributed by atoms with Crippen molar-refractivity contribution in [1.29, 1.82) is 0 Å². The van der Waals surface area contributed by atoms with Crippen LogP contribution in [-0.4, -0.2) is 51.0 Å². The minimum atomic E-state index is -3.29. The van der Waals surface area contributed by atoms with Crippen LogP contribution in [0.3, 0.4) is 0 Å². The summed E-state index contributed by atoms with van der Waals surface area (Å²) < 4.78 is 25.6. The molecule has 2 aliphatic heterocycles. The molecular formula is C21H30N2O3S. The number of nitrogens with zero attached hydrogens (tertiary/aromatic N) is 2. The van der Waals surface area contributed by atoms with Gasteiger partial charge in [-0.3, -0.25) is 14.0 Å². The number of likely N-dealkylation sites (tertiary alicyclic amines) is 1. The van der Waals surface area contributed by atoms with Crippen molar-refractivity contribution in [2.24, 2.45) is 11.8 Å². The van der Waals surface area contributed by atoms with Gasteiger partial charge in [-0.05, 0) is 68.3 Å². The molecule has 4 rings (SSSR count). The lowest BCUT2D eigenvalue weighted by Gasteiger charge is -2.41. The Hall–Kier alpha value is -1.40. The lowest BCUT2D eigenvalue weighted by Crippen LogP contribution is -2.43. The third-order valence-corrected chi connectivity index (χ3v) is 7.93. The van der Waals surface area contributed by atoms with Gasteiger partial charge >= 0.3 is 0 Å². The fourth-order valence-electron chi connectivity index (χ4n) is 5.40. The Morgan fingerprint density at radius 2 is 1.89 bits per heavy atom. The molecule has 6 heteroatoms. The zero-order valence-electron chi connectivity index (χ0n) is 16.4. The van der Waals surface area contributed by atoms with Crippen molar-refractivity contribution < 1.29 is 13.2 Å². The van der Waals surface area contributed by atoms with Crippen molar-refractivity contribution in [2.75, 3.05) is 30.2 Å². The third kappa shape index (κ3) is 3.79. The van der Waals surface area contributed by atoms with E-state index < -0.39 is 10.0 Å². The van der Waals surface area contributed by atoms with E-state index in [0.717, 1.165) is 36.2 Å². The van der Waals surface area contributed by atoms with Crippen LogP contribution < -0.4 is 4.31 Å². The van der Waals surface area contributed by atoms with E-state index in [1.807, 2.05) is 13.0 Å². The van der Waals surface area contributed by atoms with Crippen LogP contribution in [0.15, 0.2) is 18.2 Å². The van der Waals surface area contributed by atoms with E-state index in [1.165, 1.54) is 42.7 Å². The number of benzene rings is 1. The quantitative estimate of drug-likeness (QED) is 0.742. The molecule has 3 atom stereocenters. The Kier molecular flexibility index (Phi) is 5.06. The van der Waals surface area contributed by atoms with Gasteiger partial charge in [-0.15, -0.1) is 0 Å². The highest BCUT2D eigenvalue weighted by atomic mass is 32.2. The summed E-state index contributed by atoms with van der Waals surface area (Å²) >= 11 is 0. The first-order chi connectivity index (χ1) is 12.8. The predicted molar refractivity (Wildman–Crippen MR) is 108 cm³/mol. The van der Waals surface area contributed by atoms with E-state index in [1.54, 1.807) is 12.1 Å². The molecule has 0 amide bonds. The number of anilines is 1. The van der Waals surface area contributed by atoms with Crippen molar-refractivity contribution in [3.63, 3.8) is 0 Å². The van der Waals surface area contributed by atoms with Gasteiger partial charge in [0.25, 0.3) is 0 Å². The van der Waals surface area contributed by atoms with Crippen LogP contribution >= 0.6 is 0 Å². The number of Topliss-reactive ketones (excluding diaryl/α,β-unsaturated/α-hetero) is 1. The molecule has 148 valence electrons. The SMILES string of the molecule is C[C@@H]1Cc2cc(C(=O)CN3CC[C@@H]4CCCC[C@@H]4C3)ccc2N1S(C)(=O)=O. The lowest BCUT2D eigenvalue weighted by atomic mass is 9.75. The van der Waals surface area contributed by atoms with Crippen molar-refractivity contribution in [1.82, 2.24) is 4.90 Å². The van der Waals surface area contributed by atoms with Gasteiger partial charge in [0.05, 0.1) is 18.5 Å². The molecule has 0 radical (unpaired) electrons. The van der Waals surface area contributed by atoms with Gasteiger partial charge in [-0.25, -0.2) is 8.42 Å². The fraction of sp³-hybridized carbons (Fsp3) is 0.667. The maximum atomic E-state index is 12.9. The van der Waals surface area contributed by atoms with Crippen LogP contribution in [0.4, 0.5) is 5.69 Å². The van der Waals surface area contributed by atoms with Gasteiger partial charge in [0, 0.05) is 18.2 Å². The average molecular weight is 391 g/mol. The number of hydrogen-bond donors (Lipinski definition) is 0. The summed E-state index contributed by atoms with van der Waals surface area (Å²) in [7, 11) is -3.29. The van der Waals surface area contributed by atoms with Crippen LogP contribution in [0, 0.1) is 11.8 Å². The van der Waals surface area contributed by atoms with Gasteiger partial charge in [0.15, 0.2) is 5.78 Å². The molecule has 0 bridgehead atoms. The molecule has 1 saturated heterocycles. The molecule has 1 aromatic rings. The van der Waals surface area contributed by atoms with E-state index in [-0.39, 0.29) is 11.8 Å². The van der Waals surface area contributed by atoms with Crippen molar-refractivity contribution in [3.05, 3.63) is 29.3 Å². The first-order valence-electron chi connectivity index (χ1n) is 10.2. The molecule has 3 aliphatic rings. The van der Waals surface area contributed by atoms with E-state index in [0.29, 0.717) is 18.5 Å². The summed E-state index contributed by atoms with van der Waals surface area (Å²) in [6, 6.07) is 5.42. The molecule has 0 unspecified atom stereocenters. The van der Waals surface area contributed by atoms with Gasteiger partial charge in [0.1, 0.15) is 0 Å². The molecule has 27 heavy (non-hydrogen) atoms. The minimum absolute atomic E-state index is 0.0920. The van der Waals surface area contributed by atoms with Crippen molar-refractivity contribution >= 4 is 21.5 Å². The van der Waals surface area contributed by atoms with Crippen LogP contribution in [0.1, 0.15) is 54.9 Å². The molecule has 2 fully saturated rings. The number of ketones is 1. The standard InChI is InChI=1S/C21H30N2O3S/c1-15-11-19-12-17(7-8-20(19)23(15)27(2,25)26)21(24)14-22-10-9-16-5-3-4-6-18(16)13-22/h7-8,12,15-16,18H,3-6,9-11,13-14H2,1-2H3/t15-,16+,18-/m1/s1. The topological polar surface area (TPSA) is 57.7 Å². The normalized spacial score (nSPS) is 28.7. The van der Waals surface area contributed by atoms with E-state index in [9.17, 15) is 13.2 Å². The van der Waals surface area contributed by atoms with Crippen LogP contribution in [0.5, 0.6) is 0 Å². The zero-order chi connectivity index (χ0) is 19.2. The van der Waals surface area contributed by atoms with E-state index in [4.69, 9.17) is 0 Å². The molecule has 1 aromatic carbocycles. The summed E-state index contributed by atoms with van der Waals surface area (Å²) in [4.78, 5) is 15.2. The Labute approximate surface area is 162 Å². The van der Waals surface area contributed by atoms with E-state index >= 15 is 0 Å². The van der Waals surface area contributed by atoms with Crippen LogP contribution in [0.2, 0.25) is 0 Å². The number of rotatable bonds is 4. The lowest BCUT2D eigenvalue weighted by molar-refractivity contribution is 0.0713. The molecule has 2 heterocycles. The third-order valence-electron chi connectivity index (χ3n) is 6.65. The predicted octanol–water partition coefficient (Wildman–Crippen LogP) is 3.09. The van der Waals surface area contributed by atoms with Gasteiger partial charge in [-0.1, -0.05) is 19.3 Å². The second-order valence-electron chi connectivity index (χ2n) is 8.71. The number of hydrogen-bond acceptors (Lipinski definition) is 4. The zero-order valence-corrected chi connectivity index (χ0v) is 17.2. The summed E-state index contributed by atoms with van der Waals surface area (Å²) in [5.41, 5.74) is 2.40. The monoisotopic (exact) mass is 390 g/mol. The van der Waals surface area contributed by atoms with Gasteiger partial charge < -0.3 is 0 Å². The molecule has 0 N–H and O–H groups in total. The second kappa shape index (κ2) is 7.21. The average Bonchev–Trinajstić information content (AvgIpc) is 2.96. The number of fused-ring (bicyclic) bond motifs is 2. The highest BCUT2D eigenvalue weighted by Gasteiger charge is 2.34. The molecule has 1 aliphatic carbocycles. The maximum absolute atomic E-state index is 12.9. The largest absolute Gasteiger partial charge is 0.296 e. The highest BCUT2D eigenvalue weighted by molar-refractivity contribution is 7.92. The number of sulfonamides is 1. The number of carbonyl (C=O) groups excluding carboxylic acids is 1. The van der Waals surface area contributed by atoms with Gasteiger partial charge in [0.2, 0.25) is 10.0 Å². The molecule has 0 aromatic heterocycles. The first kappa shape index (κ1) is 18.9. The van der Waals surface area contributed by atoms with Crippen molar-refractivity contribution in [2.45, 2.75) is 51.5 Å². The Bertz CT molecular complexity index is 836. The maximum Gasteiger partial charge on any atom is 0.232 e. The fourth-order valence-corrected chi connectivity index (χ4v) is 6.66. The van der Waals surface area contributed by atoms with Crippen molar-refractivity contribution in [3.8, 4) is 0 Å². The van der Waals surface area contributed by atoms with Gasteiger partial charge in [-0.2, -0.15) is 0 Å². The second-order valence-corrected chi connectivity index (χ2v) is 10.6. The molecule has 5 nitrogen and oxygen atoms in total. The molecule has 1 saturated carbocycles. The Balaban J connectivity index is 1.45. The Morgan fingerprint density at radius 1 is 1.15 bits per heavy atom. The summed E-state index contributed by atoms with van der Waals surface area (Å²) in [6.07, 6.45) is 8.52. The summed E-state index contributed by atoms with van der Waals surface area (Å²) in [5.74, 6) is 1.79. The number of piperidine rings is 1. The smallest absolute Gasteiger partial charge is 0.232 e. The molecular weight excluding hydrogens is 360 g/mol. The Morgan fingerprint density at radius 3 is 2.63 bits per heavy atom. The molecule has 0 spiro atoms. The van der Waals surface area contributed by atoms with Crippen LogP contribution in [-0.2, 0) is 16.4 Å². The van der Waals surface area contributed by atoms with E-state index in [2.05, 4.69) is 4.90 Å². The highest BCUT2D eigenvalue weighted by Crippen LogP contribution is 2.37. The van der Waals surface area contributed by atoms with Crippen LogP contribution in [0.25, 0.3) is 0 Å². The minimum Gasteiger partial charge on any atom is -0.296 e.